The third-order valence-electron chi connectivity index (χ3n) is 2.51. The van der Waals surface area contributed by atoms with Crippen molar-refractivity contribution in [3.8, 4) is 0 Å². The molecule has 0 saturated heterocycles. The van der Waals surface area contributed by atoms with Gasteiger partial charge in [-0.05, 0) is 13.0 Å². The van der Waals surface area contributed by atoms with Crippen LogP contribution in [-0.4, -0.2) is 34.9 Å². The summed E-state index contributed by atoms with van der Waals surface area (Å²) in [6.45, 7) is 0.837. The summed E-state index contributed by atoms with van der Waals surface area (Å²) in [4.78, 5) is 22.1. The zero-order chi connectivity index (χ0) is 14.4. The van der Waals surface area contributed by atoms with Crippen molar-refractivity contribution in [1.29, 1.82) is 0 Å². The fourth-order valence-corrected chi connectivity index (χ4v) is 1.49. The Labute approximate surface area is 109 Å². The smallest absolute Gasteiger partial charge is 0.328 e. The molecule has 1 unspecified atom stereocenters. The van der Waals surface area contributed by atoms with Crippen molar-refractivity contribution in [2.24, 2.45) is 0 Å². The Kier molecular flexibility index (Phi) is 5.25. The monoisotopic (exact) mass is 270 g/mol. The number of carbonyl (C=O) groups excluding carboxylic acids is 1. The van der Waals surface area contributed by atoms with Crippen LogP contribution in [0.15, 0.2) is 24.3 Å². The maximum atomic E-state index is 13.4. The molecule has 6 nitrogen and oxygen atoms in total. The highest BCUT2D eigenvalue weighted by Crippen LogP contribution is 2.15. The Morgan fingerprint density at radius 2 is 1.95 bits per heavy atom. The number of rotatable bonds is 5. The van der Waals surface area contributed by atoms with Crippen LogP contribution in [0.4, 0.5) is 9.18 Å². The van der Waals surface area contributed by atoms with Crippen LogP contribution in [-0.2, 0) is 4.79 Å². The second-order valence-corrected chi connectivity index (χ2v) is 3.93. The summed E-state index contributed by atoms with van der Waals surface area (Å²) in [5, 5.41) is 21.9. The van der Waals surface area contributed by atoms with E-state index in [1.807, 2.05) is 0 Å². The van der Waals surface area contributed by atoms with E-state index in [-0.39, 0.29) is 5.56 Å². The number of hydrogen-bond donors (Lipinski definition) is 4. The standard InChI is InChI=1S/C12H15FN2O4/c1-7(8-4-2-3-5-9(8)13)14-12(19)15-10(6-16)11(17)18/h2-5,7,10,16H,6H2,1H3,(H,17,18)(H2,14,15,19)/t7?,10-/m1/s1. The lowest BCUT2D eigenvalue weighted by molar-refractivity contribution is -0.140. The third-order valence-corrected chi connectivity index (χ3v) is 2.51. The van der Waals surface area contributed by atoms with E-state index in [4.69, 9.17) is 10.2 Å². The third kappa shape index (κ3) is 4.22. The molecular formula is C12H15FN2O4. The normalized spacial score (nSPS) is 13.4. The first-order chi connectivity index (χ1) is 8.95. The molecule has 0 aromatic heterocycles. The zero-order valence-corrected chi connectivity index (χ0v) is 10.3. The summed E-state index contributed by atoms with van der Waals surface area (Å²) < 4.78 is 13.4. The van der Waals surface area contributed by atoms with Gasteiger partial charge in [0.05, 0.1) is 12.6 Å². The van der Waals surface area contributed by atoms with Gasteiger partial charge in [-0.1, -0.05) is 18.2 Å². The molecule has 7 heteroatoms. The van der Waals surface area contributed by atoms with Crippen LogP contribution in [0.2, 0.25) is 0 Å². The second kappa shape index (κ2) is 6.69. The van der Waals surface area contributed by atoms with E-state index >= 15 is 0 Å². The van der Waals surface area contributed by atoms with Crippen LogP contribution in [0.1, 0.15) is 18.5 Å². The van der Waals surface area contributed by atoms with Crippen molar-refractivity contribution in [3.63, 3.8) is 0 Å². The molecule has 0 fully saturated rings. The van der Waals surface area contributed by atoms with E-state index in [1.165, 1.54) is 18.2 Å². The van der Waals surface area contributed by atoms with E-state index in [0.29, 0.717) is 0 Å². The van der Waals surface area contributed by atoms with E-state index < -0.39 is 36.5 Å². The first-order valence-corrected chi connectivity index (χ1v) is 5.60. The molecule has 1 rings (SSSR count). The molecule has 4 N–H and O–H groups in total. The van der Waals surface area contributed by atoms with E-state index in [9.17, 15) is 14.0 Å². The van der Waals surface area contributed by atoms with Crippen LogP contribution in [0, 0.1) is 5.82 Å². The van der Waals surface area contributed by atoms with E-state index in [1.54, 1.807) is 13.0 Å². The molecule has 1 aromatic rings. The van der Waals surface area contributed by atoms with Gasteiger partial charge in [-0.15, -0.1) is 0 Å². The van der Waals surface area contributed by atoms with Gasteiger partial charge < -0.3 is 20.8 Å². The van der Waals surface area contributed by atoms with Gasteiger partial charge in [-0.2, -0.15) is 0 Å². The second-order valence-electron chi connectivity index (χ2n) is 3.93. The highest BCUT2D eigenvalue weighted by molar-refractivity contribution is 5.82. The molecule has 1 aromatic carbocycles. The fraction of sp³-hybridized carbons (Fsp3) is 0.333. The average molecular weight is 270 g/mol. The van der Waals surface area contributed by atoms with Crippen LogP contribution in [0.25, 0.3) is 0 Å². The van der Waals surface area contributed by atoms with Crippen molar-refractivity contribution in [1.82, 2.24) is 10.6 Å². The number of halogens is 1. The van der Waals surface area contributed by atoms with Crippen LogP contribution in [0.3, 0.4) is 0 Å². The fourth-order valence-electron chi connectivity index (χ4n) is 1.49. The largest absolute Gasteiger partial charge is 0.480 e. The minimum atomic E-state index is -1.40. The molecule has 0 aliphatic carbocycles. The number of carboxylic acids is 1. The summed E-state index contributed by atoms with van der Waals surface area (Å²) in [5.41, 5.74) is 0.286. The number of benzene rings is 1. The van der Waals surface area contributed by atoms with Crippen LogP contribution in [0.5, 0.6) is 0 Å². The Hall–Kier alpha value is -2.15. The maximum Gasteiger partial charge on any atom is 0.328 e. The minimum absolute atomic E-state index is 0.286. The van der Waals surface area contributed by atoms with Crippen LogP contribution < -0.4 is 10.6 Å². The van der Waals surface area contributed by atoms with Gasteiger partial charge in [0.25, 0.3) is 0 Å². The van der Waals surface area contributed by atoms with Gasteiger partial charge in [0.1, 0.15) is 5.82 Å². The molecular weight excluding hydrogens is 255 g/mol. The Morgan fingerprint density at radius 1 is 1.32 bits per heavy atom. The SMILES string of the molecule is CC(NC(=O)N[C@H](CO)C(=O)O)c1ccccc1F. The first kappa shape index (κ1) is 14.9. The molecule has 0 spiro atoms. The number of aliphatic hydroxyl groups excluding tert-OH is 1. The summed E-state index contributed by atoms with van der Waals surface area (Å²) in [6.07, 6.45) is 0. The van der Waals surface area contributed by atoms with Gasteiger partial charge in [-0.25, -0.2) is 14.0 Å². The summed E-state index contributed by atoms with van der Waals surface area (Å²) in [6, 6.07) is 3.11. The molecule has 0 radical (unpaired) electrons. The molecule has 0 bridgehead atoms. The number of urea groups is 1. The average Bonchev–Trinajstić information content (AvgIpc) is 2.35. The quantitative estimate of drug-likeness (QED) is 0.630. The number of carboxylic acid groups (broad SMARTS) is 1. The van der Waals surface area contributed by atoms with Gasteiger partial charge in [-0.3, -0.25) is 0 Å². The summed E-state index contributed by atoms with van der Waals surface area (Å²) >= 11 is 0. The van der Waals surface area contributed by atoms with Gasteiger partial charge in [0.2, 0.25) is 0 Å². The zero-order valence-electron chi connectivity index (χ0n) is 10.3. The molecule has 0 heterocycles. The lowest BCUT2D eigenvalue weighted by Crippen LogP contribution is -2.48. The predicted molar refractivity (Wildman–Crippen MR) is 65.0 cm³/mol. The highest BCUT2D eigenvalue weighted by Gasteiger charge is 2.20. The Bertz CT molecular complexity index is 467. The van der Waals surface area contributed by atoms with Gasteiger partial charge in [0.15, 0.2) is 6.04 Å². The van der Waals surface area contributed by atoms with E-state index in [2.05, 4.69) is 10.6 Å². The highest BCUT2D eigenvalue weighted by atomic mass is 19.1. The van der Waals surface area contributed by atoms with Crippen molar-refractivity contribution < 1.29 is 24.2 Å². The predicted octanol–water partition coefficient (Wildman–Crippen LogP) is 0.631. The topological polar surface area (TPSA) is 98.7 Å². The number of carbonyl (C=O) groups is 2. The lowest BCUT2D eigenvalue weighted by atomic mass is 10.1. The molecule has 0 aliphatic rings. The van der Waals surface area contributed by atoms with Crippen molar-refractivity contribution in [3.05, 3.63) is 35.6 Å². The number of aliphatic carboxylic acids is 1. The number of aliphatic hydroxyl groups is 1. The van der Waals surface area contributed by atoms with Crippen molar-refractivity contribution in [2.45, 2.75) is 19.0 Å². The summed E-state index contributed by atoms with van der Waals surface area (Å²) in [7, 11) is 0. The molecule has 19 heavy (non-hydrogen) atoms. The minimum Gasteiger partial charge on any atom is -0.480 e. The number of amides is 2. The Balaban J connectivity index is 2.62. The Morgan fingerprint density at radius 3 is 2.47 bits per heavy atom. The van der Waals surface area contributed by atoms with Crippen molar-refractivity contribution in [2.75, 3.05) is 6.61 Å². The lowest BCUT2D eigenvalue weighted by Gasteiger charge is -2.17. The van der Waals surface area contributed by atoms with Gasteiger partial charge in [0, 0.05) is 5.56 Å². The molecule has 0 saturated carbocycles. The number of nitrogens with one attached hydrogen (secondary N) is 2. The molecule has 0 aliphatic heterocycles. The maximum absolute atomic E-state index is 13.4. The van der Waals surface area contributed by atoms with E-state index in [0.717, 1.165) is 0 Å². The summed E-state index contributed by atoms with van der Waals surface area (Å²) in [5.74, 6) is -1.82. The molecule has 104 valence electrons. The van der Waals surface area contributed by atoms with Gasteiger partial charge >= 0.3 is 12.0 Å². The number of hydrogen-bond acceptors (Lipinski definition) is 3. The van der Waals surface area contributed by atoms with Crippen LogP contribution >= 0.6 is 0 Å². The van der Waals surface area contributed by atoms with Crippen molar-refractivity contribution >= 4 is 12.0 Å². The molecule has 2 atom stereocenters. The molecule has 2 amide bonds. The first-order valence-electron chi connectivity index (χ1n) is 5.60.